The van der Waals surface area contributed by atoms with Crippen molar-refractivity contribution in [1.29, 1.82) is 0 Å². The van der Waals surface area contributed by atoms with Crippen LogP contribution in [0.15, 0.2) is 88.7 Å². The molecule has 6 heteroatoms. The van der Waals surface area contributed by atoms with Gasteiger partial charge in [0.1, 0.15) is 0 Å². The smallest absolute Gasteiger partial charge is 0.238 e. The fraction of sp³-hybridized carbons (Fsp3) is 0.308. The minimum Gasteiger partial charge on any atom is -0.330 e. The second-order valence-corrected chi connectivity index (χ2v) is 10.8. The summed E-state index contributed by atoms with van der Waals surface area (Å²) >= 11 is 1.77. The summed E-state index contributed by atoms with van der Waals surface area (Å²) in [6.07, 6.45) is 4.65. The molecular formula is C26H32N2O2S2. The number of primary sulfonamides is 1. The van der Waals surface area contributed by atoms with Crippen molar-refractivity contribution in [3.8, 4) is 0 Å². The van der Waals surface area contributed by atoms with E-state index in [1.807, 2.05) is 18.2 Å². The Bertz CT molecular complexity index is 1070. The standard InChI is InChI=1S/C26H32N2O2S2/c27-17-15-23(12-11-21-7-3-1-4-8-21)19-24-20-25(32(28,29)30)13-14-26(24)31-18-16-22-9-5-2-6-10-22/h1-10,13-14,20,23H,11-12,15-19,27H2,(H2,28,29,30). The van der Waals surface area contributed by atoms with Crippen LogP contribution in [0.4, 0.5) is 0 Å². The van der Waals surface area contributed by atoms with E-state index < -0.39 is 10.0 Å². The molecular weight excluding hydrogens is 436 g/mol. The second kappa shape index (κ2) is 12.2. The van der Waals surface area contributed by atoms with Gasteiger partial charge in [-0.15, -0.1) is 11.8 Å². The predicted molar refractivity (Wildman–Crippen MR) is 134 cm³/mol. The van der Waals surface area contributed by atoms with Crippen LogP contribution >= 0.6 is 11.8 Å². The quantitative estimate of drug-likeness (QED) is 0.374. The SMILES string of the molecule is NCCC(CCc1ccccc1)Cc1cc(S(N)(=O)=O)ccc1SCCc1ccccc1. The molecule has 3 aromatic carbocycles. The highest BCUT2D eigenvalue weighted by Gasteiger charge is 2.16. The number of hydrogen-bond donors (Lipinski definition) is 2. The Morgan fingerprint density at radius 3 is 2.03 bits per heavy atom. The monoisotopic (exact) mass is 468 g/mol. The Hall–Kier alpha value is -2.12. The van der Waals surface area contributed by atoms with Gasteiger partial charge in [0.25, 0.3) is 0 Å². The van der Waals surface area contributed by atoms with E-state index in [1.54, 1.807) is 23.9 Å². The van der Waals surface area contributed by atoms with Crippen LogP contribution in [0.5, 0.6) is 0 Å². The zero-order valence-electron chi connectivity index (χ0n) is 18.3. The van der Waals surface area contributed by atoms with Crippen molar-refractivity contribution in [3.63, 3.8) is 0 Å². The zero-order chi connectivity index (χ0) is 22.8. The third kappa shape index (κ3) is 7.78. The summed E-state index contributed by atoms with van der Waals surface area (Å²) in [4.78, 5) is 1.30. The van der Waals surface area contributed by atoms with Crippen LogP contribution in [0.1, 0.15) is 29.5 Å². The van der Waals surface area contributed by atoms with E-state index in [0.29, 0.717) is 12.5 Å². The predicted octanol–water partition coefficient (Wildman–Crippen LogP) is 4.81. The molecule has 1 atom stereocenters. The Morgan fingerprint density at radius 1 is 0.812 bits per heavy atom. The van der Waals surface area contributed by atoms with E-state index in [9.17, 15) is 8.42 Å². The first-order valence-corrected chi connectivity index (χ1v) is 13.6. The minimum absolute atomic E-state index is 0.175. The van der Waals surface area contributed by atoms with Gasteiger partial charge in [-0.1, -0.05) is 60.7 Å². The van der Waals surface area contributed by atoms with Crippen LogP contribution in [-0.4, -0.2) is 20.7 Å². The molecule has 0 aromatic heterocycles. The maximum absolute atomic E-state index is 12.0. The molecule has 170 valence electrons. The van der Waals surface area contributed by atoms with Gasteiger partial charge in [0.15, 0.2) is 0 Å². The number of sulfonamides is 1. The first-order valence-electron chi connectivity index (χ1n) is 11.0. The summed E-state index contributed by atoms with van der Waals surface area (Å²) < 4.78 is 23.9. The molecule has 1 unspecified atom stereocenters. The number of benzene rings is 3. The van der Waals surface area contributed by atoms with Crippen LogP contribution < -0.4 is 10.9 Å². The van der Waals surface area contributed by atoms with Gasteiger partial charge in [-0.05, 0) is 79.5 Å². The maximum Gasteiger partial charge on any atom is 0.238 e. The lowest BCUT2D eigenvalue weighted by atomic mass is 9.90. The number of hydrogen-bond acceptors (Lipinski definition) is 4. The van der Waals surface area contributed by atoms with Gasteiger partial charge >= 0.3 is 0 Å². The van der Waals surface area contributed by atoms with Gasteiger partial charge < -0.3 is 5.73 Å². The van der Waals surface area contributed by atoms with Crippen molar-refractivity contribution in [2.75, 3.05) is 12.3 Å². The molecule has 0 heterocycles. The summed E-state index contributed by atoms with van der Waals surface area (Å²) in [6, 6.07) is 26.1. The van der Waals surface area contributed by atoms with Gasteiger partial charge in [-0.2, -0.15) is 0 Å². The number of rotatable bonds is 12. The molecule has 0 aliphatic rings. The minimum atomic E-state index is -3.74. The van der Waals surface area contributed by atoms with E-state index in [1.165, 1.54) is 11.1 Å². The Labute approximate surface area is 196 Å². The number of aryl methyl sites for hydroxylation is 2. The van der Waals surface area contributed by atoms with Crippen LogP contribution in [0.2, 0.25) is 0 Å². The van der Waals surface area contributed by atoms with Gasteiger partial charge in [-0.3, -0.25) is 0 Å². The molecule has 4 N–H and O–H groups in total. The van der Waals surface area contributed by atoms with Gasteiger partial charge in [0, 0.05) is 10.6 Å². The fourth-order valence-corrected chi connectivity index (χ4v) is 5.48. The molecule has 0 aliphatic carbocycles. The molecule has 0 fully saturated rings. The lowest BCUT2D eigenvalue weighted by Crippen LogP contribution is -2.15. The highest BCUT2D eigenvalue weighted by atomic mass is 32.2. The van der Waals surface area contributed by atoms with E-state index >= 15 is 0 Å². The van der Waals surface area contributed by atoms with E-state index in [-0.39, 0.29) is 4.90 Å². The summed E-state index contributed by atoms with van der Waals surface area (Å²) in [7, 11) is -3.74. The highest BCUT2D eigenvalue weighted by Crippen LogP contribution is 2.30. The zero-order valence-corrected chi connectivity index (χ0v) is 20.0. The molecule has 0 spiro atoms. The number of thioether (sulfide) groups is 1. The van der Waals surface area contributed by atoms with Gasteiger partial charge in [0.05, 0.1) is 4.90 Å². The van der Waals surface area contributed by atoms with Crippen LogP contribution in [0.3, 0.4) is 0 Å². The third-order valence-corrected chi connectivity index (χ3v) is 7.65. The molecule has 0 amide bonds. The maximum atomic E-state index is 12.0. The van der Waals surface area contributed by atoms with E-state index in [2.05, 4.69) is 48.5 Å². The molecule has 3 rings (SSSR count). The van der Waals surface area contributed by atoms with E-state index in [4.69, 9.17) is 10.9 Å². The molecule has 0 saturated heterocycles. The number of nitrogens with two attached hydrogens (primary N) is 2. The summed E-state index contributed by atoms with van der Waals surface area (Å²) in [5, 5.41) is 5.42. The average Bonchev–Trinajstić information content (AvgIpc) is 2.79. The Kier molecular flexibility index (Phi) is 9.36. The first-order chi connectivity index (χ1) is 15.5. The first kappa shape index (κ1) is 24.5. The topological polar surface area (TPSA) is 86.2 Å². The Morgan fingerprint density at radius 2 is 1.44 bits per heavy atom. The van der Waals surface area contributed by atoms with E-state index in [0.717, 1.165) is 48.3 Å². The summed E-state index contributed by atoms with van der Waals surface area (Å²) in [5.74, 6) is 1.31. The molecule has 0 saturated carbocycles. The normalized spacial score (nSPS) is 12.6. The lowest BCUT2D eigenvalue weighted by Gasteiger charge is -2.19. The van der Waals surface area contributed by atoms with Crippen molar-refractivity contribution in [1.82, 2.24) is 0 Å². The van der Waals surface area contributed by atoms with Crippen LogP contribution in [0.25, 0.3) is 0 Å². The summed E-state index contributed by atoms with van der Waals surface area (Å²) in [5.41, 5.74) is 9.56. The molecule has 4 nitrogen and oxygen atoms in total. The molecule has 0 aliphatic heterocycles. The fourth-order valence-electron chi connectivity index (χ4n) is 3.87. The average molecular weight is 469 g/mol. The summed E-state index contributed by atoms with van der Waals surface area (Å²) in [6.45, 7) is 0.616. The van der Waals surface area contributed by atoms with Crippen molar-refractivity contribution in [2.45, 2.75) is 41.9 Å². The highest BCUT2D eigenvalue weighted by molar-refractivity contribution is 7.99. The molecule has 32 heavy (non-hydrogen) atoms. The van der Waals surface area contributed by atoms with Crippen LogP contribution in [0, 0.1) is 5.92 Å². The van der Waals surface area contributed by atoms with Crippen molar-refractivity contribution >= 4 is 21.8 Å². The third-order valence-electron chi connectivity index (χ3n) is 5.62. The molecule has 3 aromatic rings. The van der Waals surface area contributed by atoms with Gasteiger partial charge in [0.2, 0.25) is 10.0 Å². The second-order valence-electron chi connectivity index (χ2n) is 8.07. The molecule has 0 radical (unpaired) electrons. The lowest BCUT2D eigenvalue weighted by molar-refractivity contribution is 0.451. The Balaban J connectivity index is 1.75. The van der Waals surface area contributed by atoms with Crippen molar-refractivity contribution in [3.05, 3.63) is 95.6 Å². The van der Waals surface area contributed by atoms with Crippen molar-refractivity contribution < 1.29 is 8.42 Å². The van der Waals surface area contributed by atoms with Crippen LogP contribution in [-0.2, 0) is 29.3 Å². The van der Waals surface area contributed by atoms with Crippen molar-refractivity contribution in [2.24, 2.45) is 16.8 Å². The molecule has 0 bridgehead atoms. The van der Waals surface area contributed by atoms with Gasteiger partial charge in [-0.25, -0.2) is 13.6 Å². The largest absolute Gasteiger partial charge is 0.330 e.